The van der Waals surface area contributed by atoms with Crippen LogP contribution in [0.1, 0.15) is 31.2 Å². The second kappa shape index (κ2) is 9.67. The van der Waals surface area contributed by atoms with E-state index in [2.05, 4.69) is 4.90 Å². The van der Waals surface area contributed by atoms with Gasteiger partial charge in [-0.25, -0.2) is 0 Å². The fraction of sp³-hybridized carbons (Fsp3) is 0.542. The van der Waals surface area contributed by atoms with Crippen LogP contribution in [0.25, 0.3) is 10.8 Å². The van der Waals surface area contributed by atoms with Crippen LogP contribution in [-0.2, 0) is 11.3 Å². The highest BCUT2D eigenvalue weighted by Crippen LogP contribution is 2.29. The van der Waals surface area contributed by atoms with Gasteiger partial charge in [-0.05, 0) is 41.8 Å². The Labute approximate surface area is 179 Å². The molecule has 6 nitrogen and oxygen atoms in total. The number of ether oxygens (including phenoxy) is 1. The van der Waals surface area contributed by atoms with E-state index in [-0.39, 0.29) is 0 Å². The highest BCUT2D eigenvalue weighted by Gasteiger charge is 2.28. The lowest BCUT2D eigenvalue weighted by Gasteiger charge is -2.31. The molecule has 0 aromatic heterocycles. The number of phenols is 1. The molecular formula is C24H35N3O3+2. The largest absolute Gasteiger partial charge is 0.507 e. The lowest BCUT2D eigenvalue weighted by atomic mass is 10.0. The van der Waals surface area contributed by atoms with Crippen LogP contribution in [0.5, 0.6) is 11.5 Å². The first-order chi connectivity index (χ1) is 14.6. The van der Waals surface area contributed by atoms with Gasteiger partial charge in [-0.1, -0.05) is 25.0 Å². The van der Waals surface area contributed by atoms with Crippen LogP contribution < -0.4 is 14.5 Å². The van der Waals surface area contributed by atoms with Crippen molar-refractivity contribution in [3.05, 3.63) is 35.9 Å². The third-order valence-electron chi connectivity index (χ3n) is 6.77. The monoisotopic (exact) mass is 413 g/mol. The molecule has 162 valence electrons. The Morgan fingerprint density at radius 1 is 1.00 bits per heavy atom. The van der Waals surface area contributed by atoms with E-state index in [0.29, 0.717) is 18.2 Å². The Morgan fingerprint density at radius 2 is 1.67 bits per heavy atom. The number of carbonyl (C=O) groups excluding carboxylic acids is 1. The third-order valence-corrected chi connectivity index (χ3v) is 6.77. The first kappa shape index (κ1) is 20.9. The van der Waals surface area contributed by atoms with Crippen molar-refractivity contribution < 1.29 is 24.4 Å². The van der Waals surface area contributed by atoms with E-state index in [1.54, 1.807) is 13.2 Å². The van der Waals surface area contributed by atoms with Crippen molar-refractivity contribution in [1.29, 1.82) is 0 Å². The number of methoxy groups -OCH3 is 1. The minimum Gasteiger partial charge on any atom is -0.507 e. The molecule has 0 spiro atoms. The van der Waals surface area contributed by atoms with Crippen molar-refractivity contribution in [2.24, 2.45) is 0 Å². The summed E-state index contributed by atoms with van der Waals surface area (Å²) in [5.74, 6) is 1.49. The van der Waals surface area contributed by atoms with Crippen LogP contribution in [0.3, 0.4) is 0 Å². The lowest BCUT2D eigenvalue weighted by molar-refractivity contribution is -1.02. The number of quaternary nitrogens is 2. The van der Waals surface area contributed by atoms with E-state index >= 15 is 0 Å². The topological polar surface area (TPSA) is 58.6 Å². The van der Waals surface area contributed by atoms with E-state index in [9.17, 15) is 9.90 Å². The summed E-state index contributed by atoms with van der Waals surface area (Å²) in [7, 11) is 1.67. The first-order valence-electron chi connectivity index (χ1n) is 11.4. The molecule has 2 aromatic rings. The minimum absolute atomic E-state index is 0.328. The van der Waals surface area contributed by atoms with Gasteiger partial charge in [0.25, 0.3) is 5.91 Å². The summed E-state index contributed by atoms with van der Waals surface area (Å²) in [4.78, 5) is 17.6. The van der Waals surface area contributed by atoms with Gasteiger partial charge in [0.2, 0.25) is 0 Å². The van der Waals surface area contributed by atoms with Crippen LogP contribution in [0.4, 0.5) is 0 Å². The van der Waals surface area contributed by atoms with Crippen LogP contribution in [-0.4, -0.2) is 68.8 Å². The maximum absolute atomic E-state index is 12.7. The Morgan fingerprint density at radius 3 is 2.37 bits per heavy atom. The normalized spacial score (nSPS) is 22.6. The Hall–Kier alpha value is -2.31. The maximum atomic E-state index is 12.7. The fourth-order valence-electron chi connectivity index (χ4n) is 4.87. The molecule has 0 radical (unpaired) electrons. The summed E-state index contributed by atoms with van der Waals surface area (Å²) in [6.45, 7) is 7.34. The smallest absolute Gasteiger partial charge is 0.277 e. The maximum Gasteiger partial charge on any atom is 0.277 e. The van der Waals surface area contributed by atoms with Gasteiger partial charge < -0.3 is 24.5 Å². The molecule has 0 atom stereocenters. The molecule has 2 aliphatic heterocycles. The summed E-state index contributed by atoms with van der Waals surface area (Å²) in [5, 5.41) is 12.7. The van der Waals surface area contributed by atoms with E-state index in [1.807, 2.05) is 24.3 Å². The van der Waals surface area contributed by atoms with Crippen molar-refractivity contribution in [2.75, 3.05) is 52.9 Å². The van der Waals surface area contributed by atoms with Gasteiger partial charge >= 0.3 is 0 Å². The lowest BCUT2D eigenvalue weighted by Crippen LogP contribution is -3.28. The molecule has 2 aliphatic rings. The number of amides is 1. The molecule has 0 unspecified atom stereocenters. The number of nitrogens with one attached hydrogen (secondary N) is 2. The summed E-state index contributed by atoms with van der Waals surface area (Å²) < 4.78 is 5.39. The standard InChI is InChI=1S/C24H33N3O3/c1-30-20-8-6-19-7-9-23(28)22(21(19)16-20)17-25-12-14-26(15-13-25)18-24(29)27-10-4-2-3-5-11-27/h6-9,16,28H,2-5,10-15,17-18H2,1H3/p+2. The first-order valence-corrected chi connectivity index (χ1v) is 11.4. The van der Waals surface area contributed by atoms with Crippen LogP contribution in [0.2, 0.25) is 0 Å². The molecule has 2 heterocycles. The molecule has 4 rings (SSSR count). The highest BCUT2D eigenvalue weighted by molar-refractivity contribution is 5.88. The molecule has 1 amide bonds. The van der Waals surface area contributed by atoms with Crippen molar-refractivity contribution in [3.8, 4) is 11.5 Å². The number of likely N-dealkylation sites (tertiary alicyclic amines) is 1. The third kappa shape index (κ3) is 4.87. The van der Waals surface area contributed by atoms with Gasteiger partial charge in [0.05, 0.1) is 12.7 Å². The molecule has 2 aromatic carbocycles. The van der Waals surface area contributed by atoms with Crippen molar-refractivity contribution in [1.82, 2.24) is 4.90 Å². The molecule has 2 saturated heterocycles. The van der Waals surface area contributed by atoms with Crippen LogP contribution >= 0.6 is 0 Å². The Balaban J connectivity index is 1.36. The summed E-state index contributed by atoms with van der Waals surface area (Å²) in [6, 6.07) is 9.78. The number of hydrogen-bond donors (Lipinski definition) is 3. The van der Waals surface area contributed by atoms with Crippen LogP contribution in [0, 0.1) is 0 Å². The number of piperazine rings is 1. The van der Waals surface area contributed by atoms with Gasteiger partial charge in [0, 0.05) is 13.1 Å². The average Bonchev–Trinajstić information content (AvgIpc) is 3.06. The minimum atomic E-state index is 0.328. The zero-order chi connectivity index (χ0) is 20.9. The number of hydrogen-bond acceptors (Lipinski definition) is 3. The number of carbonyl (C=O) groups is 1. The number of aromatic hydroxyl groups is 1. The van der Waals surface area contributed by atoms with Gasteiger partial charge in [-0.2, -0.15) is 0 Å². The SMILES string of the molecule is COc1ccc2ccc(O)c(C[NH+]3CC[NH+](CC(=O)N4CCCCCC4)CC3)c2c1. The summed E-state index contributed by atoms with van der Waals surface area (Å²) in [6.07, 6.45) is 4.81. The van der Waals surface area contributed by atoms with Crippen molar-refractivity contribution in [3.63, 3.8) is 0 Å². The number of benzene rings is 2. The number of phenolic OH excluding ortho intramolecular Hbond substituents is 1. The second-order valence-corrected chi connectivity index (χ2v) is 8.80. The van der Waals surface area contributed by atoms with Gasteiger partial charge in [0.15, 0.2) is 6.54 Å². The quantitative estimate of drug-likeness (QED) is 0.658. The van der Waals surface area contributed by atoms with E-state index in [0.717, 1.165) is 80.7 Å². The van der Waals surface area contributed by atoms with Gasteiger partial charge in [-0.15, -0.1) is 0 Å². The summed E-state index contributed by atoms with van der Waals surface area (Å²) >= 11 is 0. The average molecular weight is 414 g/mol. The number of nitrogens with zero attached hydrogens (tertiary/aromatic N) is 1. The zero-order valence-electron chi connectivity index (χ0n) is 18.1. The molecule has 3 N–H and O–H groups in total. The van der Waals surface area contributed by atoms with E-state index < -0.39 is 0 Å². The van der Waals surface area contributed by atoms with Crippen LogP contribution in [0.15, 0.2) is 30.3 Å². The Kier molecular flexibility index (Phi) is 6.75. The number of rotatable bonds is 5. The molecule has 2 fully saturated rings. The predicted octanol–water partition coefficient (Wildman–Crippen LogP) is 0.240. The molecule has 0 bridgehead atoms. The van der Waals surface area contributed by atoms with Crippen molar-refractivity contribution in [2.45, 2.75) is 32.2 Å². The molecule has 0 aliphatic carbocycles. The van der Waals surface area contributed by atoms with E-state index in [4.69, 9.17) is 4.74 Å². The fourth-order valence-corrected chi connectivity index (χ4v) is 4.87. The second-order valence-electron chi connectivity index (χ2n) is 8.80. The molecule has 0 saturated carbocycles. The Bertz CT molecular complexity index is 869. The molecular weight excluding hydrogens is 378 g/mol. The van der Waals surface area contributed by atoms with Gasteiger partial charge in [0.1, 0.15) is 44.2 Å². The summed E-state index contributed by atoms with van der Waals surface area (Å²) in [5.41, 5.74) is 0.991. The zero-order valence-corrected chi connectivity index (χ0v) is 18.1. The molecule has 6 heteroatoms. The highest BCUT2D eigenvalue weighted by atomic mass is 16.5. The van der Waals surface area contributed by atoms with Crippen molar-refractivity contribution >= 4 is 16.7 Å². The van der Waals surface area contributed by atoms with Gasteiger partial charge in [-0.3, -0.25) is 4.79 Å². The van der Waals surface area contributed by atoms with E-state index in [1.165, 1.54) is 22.6 Å². The molecule has 30 heavy (non-hydrogen) atoms. The predicted molar refractivity (Wildman–Crippen MR) is 117 cm³/mol. The number of fused-ring (bicyclic) bond motifs is 1.